The van der Waals surface area contributed by atoms with Crippen LogP contribution >= 0.6 is 0 Å². The van der Waals surface area contributed by atoms with Gasteiger partial charge in [0.2, 0.25) is 5.91 Å². The molecule has 0 radical (unpaired) electrons. The van der Waals surface area contributed by atoms with Gasteiger partial charge >= 0.3 is 0 Å². The smallest absolute Gasteiger partial charge is 0.219 e. The molecule has 82 valence electrons. The van der Waals surface area contributed by atoms with Crippen LogP contribution in [-0.2, 0) is 4.79 Å². The van der Waals surface area contributed by atoms with Crippen molar-refractivity contribution in [3.63, 3.8) is 0 Å². The number of nitrogens with two attached hydrogens (primary N) is 1. The Labute approximate surface area is 89.4 Å². The highest BCUT2D eigenvalue weighted by Gasteiger charge is 2.08. The number of primary amides is 1. The number of anilines is 1. The second-order valence-electron chi connectivity index (χ2n) is 3.42. The summed E-state index contributed by atoms with van der Waals surface area (Å²) in [6.45, 7) is 1.90. The fraction of sp³-hybridized carbons (Fsp3) is 0.364. The molecule has 15 heavy (non-hydrogen) atoms. The van der Waals surface area contributed by atoms with Gasteiger partial charge in [-0.2, -0.15) is 0 Å². The van der Waals surface area contributed by atoms with Gasteiger partial charge in [-0.3, -0.25) is 4.79 Å². The molecule has 1 aromatic carbocycles. The maximum Gasteiger partial charge on any atom is 0.219 e. The SMILES string of the molecule is COc1ccccc1NC(C)CC(N)=O. The van der Waals surface area contributed by atoms with Gasteiger partial charge < -0.3 is 15.8 Å². The Morgan fingerprint density at radius 1 is 1.53 bits per heavy atom. The Balaban J connectivity index is 2.67. The summed E-state index contributed by atoms with van der Waals surface area (Å²) in [5, 5.41) is 3.17. The standard InChI is InChI=1S/C11H16N2O2/c1-8(7-11(12)14)13-9-5-3-4-6-10(9)15-2/h3-6,8,13H,7H2,1-2H3,(H2,12,14). The van der Waals surface area contributed by atoms with Crippen LogP contribution in [-0.4, -0.2) is 19.1 Å². The molecule has 0 saturated carbocycles. The lowest BCUT2D eigenvalue weighted by Gasteiger charge is -2.15. The van der Waals surface area contributed by atoms with Crippen molar-refractivity contribution in [2.24, 2.45) is 5.73 Å². The highest BCUT2D eigenvalue weighted by Crippen LogP contribution is 2.23. The molecule has 0 bridgehead atoms. The summed E-state index contributed by atoms with van der Waals surface area (Å²) >= 11 is 0. The number of carbonyl (C=O) groups excluding carboxylic acids is 1. The first-order chi connectivity index (χ1) is 7.13. The third-order valence-corrected chi connectivity index (χ3v) is 2.02. The molecule has 4 nitrogen and oxygen atoms in total. The number of para-hydroxylation sites is 2. The molecular weight excluding hydrogens is 192 g/mol. The molecule has 0 aliphatic rings. The molecule has 1 rings (SSSR count). The number of hydrogen-bond donors (Lipinski definition) is 2. The minimum absolute atomic E-state index is 0.00111. The van der Waals surface area contributed by atoms with E-state index in [1.807, 2.05) is 31.2 Å². The zero-order chi connectivity index (χ0) is 11.3. The zero-order valence-corrected chi connectivity index (χ0v) is 8.99. The minimum atomic E-state index is -0.315. The molecule has 0 aliphatic heterocycles. The van der Waals surface area contributed by atoms with E-state index >= 15 is 0 Å². The molecule has 1 amide bonds. The van der Waals surface area contributed by atoms with Crippen molar-refractivity contribution >= 4 is 11.6 Å². The topological polar surface area (TPSA) is 64.3 Å². The molecule has 0 aliphatic carbocycles. The Kier molecular flexibility index (Phi) is 3.97. The molecule has 1 unspecified atom stereocenters. The van der Waals surface area contributed by atoms with Crippen molar-refractivity contribution in [2.75, 3.05) is 12.4 Å². The Morgan fingerprint density at radius 3 is 2.80 bits per heavy atom. The van der Waals surface area contributed by atoms with Crippen LogP contribution in [0.5, 0.6) is 5.75 Å². The zero-order valence-electron chi connectivity index (χ0n) is 8.99. The van der Waals surface area contributed by atoms with E-state index in [2.05, 4.69) is 5.32 Å². The van der Waals surface area contributed by atoms with Crippen molar-refractivity contribution in [3.05, 3.63) is 24.3 Å². The summed E-state index contributed by atoms with van der Waals surface area (Å²) in [6, 6.07) is 7.55. The fourth-order valence-electron chi connectivity index (χ4n) is 1.38. The number of rotatable bonds is 5. The van der Waals surface area contributed by atoms with E-state index in [1.165, 1.54) is 0 Å². The maximum atomic E-state index is 10.7. The summed E-state index contributed by atoms with van der Waals surface area (Å²) in [7, 11) is 1.61. The number of nitrogens with one attached hydrogen (secondary N) is 1. The van der Waals surface area contributed by atoms with Crippen LogP contribution < -0.4 is 15.8 Å². The summed E-state index contributed by atoms with van der Waals surface area (Å²) in [5.74, 6) is 0.443. The largest absolute Gasteiger partial charge is 0.495 e. The van der Waals surface area contributed by atoms with E-state index < -0.39 is 0 Å². The van der Waals surface area contributed by atoms with Gasteiger partial charge in [0.25, 0.3) is 0 Å². The molecule has 0 saturated heterocycles. The Hall–Kier alpha value is -1.71. The second kappa shape index (κ2) is 5.24. The second-order valence-corrected chi connectivity index (χ2v) is 3.42. The minimum Gasteiger partial charge on any atom is -0.495 e. The van der Waals surface area contributed by atoms with E-state index in [-0.39, 0.29) is 11.9 Å². The van der Waals surface area contributed by atoms with Crippen LogP contribution in [0, 0.1) is 0 Å². The normalized spacial score (nSPS) is 11.9. The first-order valence-corrected chi connectivity index (χ1v) is 4.81. The summed E-state index contributed by atoms with van der Waals surface area (Å²) < 4.78 is 5.17. The van der Waals surface area contributed by atoms with E-state index in [0.29, 0.717) is 6.42 Å². The number of benzene rings is 1. The van der Waals surface area contributed by atoms with Crippen LogP contribution in [0.15, 0.2) is 24.3 Å². The maximum absolute atomic E-state index is 10.7. The third kappa shape index (κ3) is 3.50. The highest BCUT2D eigenvalue weighted by molar-refractivity contribution is 5.75. The molecule has 4 heteroatoms. The van der Waals surface area contributed by atoms with Crippen molar-refractivity contribution < 1.29 is 9.53 Å². The van der Waals surface area contributed by atoms with Gasteiger partial charge in [-0.25, -0.2) is 0 Å². The molecule has 3 N–H and O–H groups in total. The number of carbonyl (C=O) groups is 1. The Morgan fingerprint density at radius 2 is 2.20 bits per heavy atom. The lowest BCUT2D eigenvalue weighted by atomic mass is 10.2. The lowest BCUT2D eigenvalue weighted by Crippen LogP contribution is -2.24. The van der Waals surface area contributed by atoms with Crippen molar-refractivity contribution in [2.45, 2.75) is 19.4 Å². The van der Waals surface area contributed by atoms with Crippen LogP contribution in [0.25, 0.3) is 0 Å². The molecule has 0 spiro atoms. The number of amides is 1. The number of ether oxygens (including phenoxy) is 1. The molecule has 0 aromatic heterocycles. The quantitative estimate of drug-likeness (QED) is 0.768. The van der Waals surface area contributed by atoms with E-state index in [1.54, 1.807) is 7.11 Å². The first-order valence-electron chi connectivity index (χ1n) is 4.81. The van der Waals surface area contributed by atoms with Crippen LogP contribution in [0.2, 0.25) is 0 Å². The molecule has 0 heterocycles. The molecular formula is C11H16N2O2. The predicted octanol–water partition coefficient (Wildman–Crippen LogP) is 1.37. The average molecular weight is 208 g/mol. The van der Waals surface area contributed by atoms with Gasteiger partial charge in [0, 0.05) is 12.5 Å². The molecule has 1 aromatic rings. The van der Waals surface area contributed by atoms with Crippen molar-refractivity contribution in [1.29, 1.82) is 0 Å². The van der Waals surface area contributed by atoms with Crippen LogP contribution in [0.4, 0.5) is 5.69 Å². The van der Waals surface area contributed by atoms with Gasteiger partial charge in [0.05, 0.1) is 12.8 Å². The predicted molar refractivity (Wildman–Crippen MR) is 59.9 cm³/mol. The molecule has 0 fully saturated rings. The van der Waals surface area contributed by atoms with Crippen molar-refractivity contribution in [1.82, 2.24) is 0 Å². The van der Waals surface area contributed by atoms with Crippen LogP contribution in [0.1, 0.15) is 13.3 Å². The summed E-state index contributed by atoms with van der Waals surface area (Å²) in [6.07, 6.45) is 0.304. The van der Waals surface area contributed by atoms with E-state index in [4.69, 9.17) is 10.5 Å². The van der Waals surface area contributed by atoms with Gasteiger partial charge in [-0.15, -0.1) is 0 Å². The lowest BCUT2D eigenvalue weighted by molar-refractivity contribution is -0.118. The van der Waals surface area contributed by atoms with Crippen molar-refractivity contribution in [3.8, 4) is 5.75 Å². The van der Waals surface area contributed by atoms with Gasteiger partial charge in [0.15, 0.2) is 0 Å². The Bertz CT molecular complexity index is 339. The monoisotopic (exact) mass is 208 g/mol. The number of methoxy groups -OCH3 is 1. The molecule has 1 atom stereocenters. The summed E-state index contributed by atoms with van der Waals surface area (Å²) in [4.78, 5) is 10.7. The van der Waals surface area contributed by atoms with E-state index in [0.717, 1.165) is 11.4 Å². The number of hydrogen-bond acceptors (Lipinski definition) is 3. The van der Waals surface area contributed by atoms with Gasteiger partial charge in [-0.1, -0.05) is 12.1 Å². The summed E-state index contributed by atoms with van der Waals surface area (Å²) in [5.41, 5.74) is 5.98. The third-order valence-electron chi connectivity index (χ3n) is 2.02. The first kappa shape index (κ1) is 11.4. The van der Waals surface area contributed by atoms with Gasteiger partial charge in [0.1, 0.15) is 5.75 Å². The fourth-order valence-corrected chi connectivity index (χ4v) is 1.38. The average Bonchev–Trinajstić information content (AvgIpc) is 2.17. The highest BCUT2D eigenvalue weighted by atomic mass is 16.5. The van der Waals surface area contributed by atoms with Crippen LogP contribution in [0.3, 0.4) is 0 Å². The van der Waals surface area contributed by atoms with Gasteiger partial charge in [-0.05, 0) is 19.1 Å². The van der Waals surface area contributed by atoms with E-state index in [9.17, 15) is 4.79 Å².